The average molecular weight is 387 g/mol. The van der Waals surface area contributed by atoms with Gasteiger partial charge in [0.05, 0.1) is 0 Å². The molecule has 1 aromatic heterocycles. The molecule has 2 aromatic rings. The minimum atomic E-state index is -0.0175. The van der Waals surface area contributed by atoms with Crippen molar-refractivity contribution in [2.45, 2.75) is 46.1 Å². The van der Waals surface area contributed by atoms with E-state index in [1.165, 1.54) is 5.56 Å². The highest BCUT2D eigenvalue weighted by atomic mass is 16.5. The van der Waals surface area contributed by atoms with E-state index in [4.69, 9.17) is 9.73 Å². The molecule has 28 heavy (non-hydrogen) atoms. The molecular weight excluding hydrogens is 352 g/mol. The van der Waals surface area contributed by atoms with Crippen LogP contribution < -0.4 is 10.6 Å². The molecule has 0 bridgehead atoms. The number of rotatable bonds is 10. The standard InChI is InChI=1S/C21H34N6O/c1-6-28-14-10-13-22-20(23-15-19-26-25-17(2)27(19)5)24-16-21(3,4)18-11-8-7-9-12-18/h7-9,11-12H,6,10,13-16H2,1-5H3,(H2,22,23,24). The molecule has 0 atom stereocenters. The topological polar surface area (TPSA) is 76.4 Å². The summed E-state index contributed by atoms with van der Waals surface area (Å²) in [6, 6.07) is 10.5. The van der Waals surface area contributed by atoms with Crippen molar-refractivity contribution in [1.82, 2.24) is 25.4 Å². The van der Waals surface area contributed by atoms with Gasteiger partial charge in [-0.1, -0.05) is 44.2 Å². The van der Waals surface area contributed by atoms with Gasteiger partial charge in [0.1, 0.15) is 12.4 Å². The highest BCUT2D eigenvalue weighted by Crippen LogP contribution is 2.21. The molecule has 1 heterocycles. The second-order valence-corrected chi connectivity index (χ2v) is 7.47. The van der Waals surface area contributed by atoms with E-state index in [9.17, 15) is 0 Å². The van der Waals surface area contributed by atoms with Gasteiger partial charge in [-0.3, -0.25) is 0 Å². The van der Waals surface area contributed by atoms with Gasteiger partial charge in [-0.15, -0.1) is 10.2 Å². The summed E-state index contributed by atoms with van der Waals surface area (Å²) in [5.41, 5.74) is 1.28. The molecule has 7 heteroatoms. The third-order valence-electron chi connectivity index (χ3n) is 4.78. The third kappa shape index (κ3) is 6.64. The molecule has 154 valence electrons. The molecule has 0 spiro atoms. The van der Waals surface area contributed by atoms with Crippen LogP contribution in [-0.4, -0.2) is 47.0 Å². The molecule has 0 aliphatic heterocycles. The predicted molar refractivity (Wildman–Crippen MR) is 113 cm³/mol. The average Bonchev–Trinajstić information content (AvgIpc) is 3.02. The number of aromatic nitrogens is 3. The van der Waals surface area contributed by atoms with Crippen molar-refractivity contribution < 1.29 is 4.74 Å². The minimum absolute atomic E-state index is 0.0175. The Morgan fingerprint density at radius 1 is 1.18 bits per heavy atom. The van der Waals surface area contributed by atoms with Crippen molar-refractivity contribution in [1.29, 1.82) is 0 Å². The Balaban J connectivity index is 2.00. The summed E-state index contributed by atoms with van der Waals surface area (Å²) in [6.45, 7) is 11.9. The number of aliphatic imine (C=N–C) groups is 1. The van der Waals surface area contributed by atoms with Crippen LogP contribution >= 0.6 is 0 Å². The maximum absolute atomic E-state index is 5.41. The smallest absolute Gasteiger partial charge is 0.191 e. The molecule has 0 saturated heterocycles. The lowest BCUT2D eigenvalue weighted by Gasteiger charge is -2.27. The fourth-order valence-electron chi connectivity index (χ4n) is 2.73. The van der Waals surface area contributed by atoms with Crippen LogP contribution in [0.5, 0.6) is 0 Å². The summed E-state index contributed by atoms with van der Waals surface area (Å²) < 4.78 is 7.38. The lowest BCUT2D eigenvalue weighted by molar-refractivity contribution is 0.145. The van der Waals surface area contributed by atoms with Gasteiger partial charge in [0.25, 0.3) is 0 Å². The Bertz CT molecular complexity index is 739. The number of guanidine groups is 1. The SMILES string of the molecule is CCOCCCNC(=NCc1nnc(C)n1C)NCC(C)(C)c1ccccc1. The lowest BCUT2D eigenvalue weighted by Crippen LogP contribution is -2.44. The first kappa shape index (κ1) is 21.9. The largest absolute Gasteiger partial charge is 0.382 e. The van der Waals surface area contributed by atoms with Crippen molar-refractivity contribution in [3.05, 3.63) is 47.5 Å². The van der Waals surface area contributed by atoms with Crippen LogP contribution in [-0.2, 0) is 23.7 Å². The van der Waals surface area contributed by atoms with Crippen LogP contribution in [0.1, 0.15) is 44.4 Å². The number of nitrogens with zero attached hydrogens (tertiary/aromatic N) is 4. The molecule has 7 nitrogen and oxygen atoms in total. The summed E-state index contributed by atoms with van der Waals surface area (Å²) in [7, 11) is 1.96. The van der Waals surface area contributed by atoms with Crippen LogP contribution in [0.25, 0.3) is 0 Å². The molecule has 0 saturated carbocycles. The van der Waals surface area contributed by atoms with Gasteiger partial charge < -0.3 is 19.9 Å². The third-order valence-corrected chi connectivity index (χ3v) is 4.78. The molecule has 1 aromatic carbocycles. The van der Waals surface area contributed by atoms with Gasteiger partial charge >= 0.3 is 0 Å². The highest BCUT2D eigenvalue weighted by molar-refractivity contribution is 5.79. The Morgan fingerprint density at radius 2 is 1.93 bits per heavy atom. The first-order chi connectivity index (χ1) is 13.4. The zero-order valence-electron chi connectivity index (χ0n) is 17.8. The zero-order chi connectivity index (χ0) is 20.4. The summed E-state index contributed by atoms with van der Waals surface area (Å²) in [6.07, 6.45) is 0.930. The maximum Gasteiger partial charge on any atom is 0.191 e. The van der Waals surface area contributed by atoms with Gasteiger partial charge in [-0.05, 0) is 25.8 Å². The van der Waals surface area contributed by atoms with E-state index in [-0.39, 0.29) is 5.41 Å². The van der Waals surface area contributed by atoms with Crippen LogP contribution in [0.4, 0.5) is 0 Å². The van der Waals surface area contributed by atoms with E-state index in [0.29, 0.717) is 6.54 Å². The van der Waals surface area contributed by atoms with Crippen LogP contribution in [0.3, 0.4) is 0 Å². The number of nitrogens with one attached hydrogen (secondary N) is 2. The molecule has 0 aliphatic carbocycles. The Hall–Kier alpha value is -2.41. The van der Waals surface area contributed by atoms with Crippen LogP contribution in [0.15, 0.2) is 35.3 Å². The maximum atomic E-state index is 5.41. The fraction of sp³-hybridized carbons (Fsp3) is 0.571. The van der Waals surface area contributed by atoms with Crippen molar-refractivity contribution in [2.75, 3.05) is 26.3 Å². The van der Waals surface area contributed by atoms with Crippen molar-refractivity contribution in [2.24, 2.45) is 12.0 Å². The second-order valence-electron chi connectivity index (χ2n) is 7.47. The molecular formula is C21H34N6O. The first-order valence-electron chi connectivity index (χ1n) is 9.94. The normalized spacial score (nSPS) is 12.2. The summed E-state index contributed by atoms with van der Waals surface area (Å²) in [5, 5.41) is 15.2. The molecule has 0 unspecified atom stereocenters. The Labute approximate surface area is 168 Å². The molecule has 2 N–H and O–H groups in total. The summed E-state index contributed by atoms with van der Waals surface area (Å²) in [5.74, 6) is 2.51. The number of hydrogen-bond donors (Lipinski definition) is 2. The van der Waals surface area contributed by atoms with E-state index >= 15 is 0 Å². The second kappa shape index (κ2) is 10.8. The van der Waals surface area contributed by atoms with E-state index in [1.807, 2.05) is 31.5 Å². The van der Waals surface area contributed by atoms with Gasteiger partial charge in [-0.25, -0.2) is 4.99 Å². The Morgan fingerprint density at radius 3 is 2.57 bits per heavy atom. The fourth-order valence-corrected chi connectivity index (χ4v) is 2.73. The van der Waals surface area contributed by atoms with Crippen LogP contribution in [0.2, 0.25) is 0 Å². The van der Waals surface area contributed by atoms with Crippen molar-refractivity contribution in [3.8, 4) is 0 Å². The van der Waals surface area contributed by atoms with E-state index < -0.39 is 0 Å². The predicted octanol–water partition coefficient (Wildman–Crippen LogP) is 2.56. The van der Waals surface area contributed by atoms with Gasteiger partial charge in [0, 0.05) is 38.8 Å². The van der Waals surface area contributed by atoms with Gasteiger partial charge in [0.15, 0.2) is 11.8 Å². The number of benzene rings is 1. The summed E-state index contributed by atoms with van der Waals surface area (Å²) >= 11 is 0. The number of hydrogen-bond acceptors (Lipinski definition) is 4. The Kier molecular flexibility index (Phi) is 8.44. The summed E-state index contributed by atoms with van der Waals surface area (Å²) in [4.78, 5) is 4.71. The monoisotopic (exact) mass is 386 g/mol. The zero-order valence-corrected chi connectivity index (χ0v) is 17.8. The van der Waals surface area contributed by atoms with E-state index in [0.717, 1.165) is 50.3 Å². The number of ether oxygens (including phenoxy) is 1. The lowest BCUT2D eigenvalue weighted by atomic mass is 9.85. The van der Waals surface area contributed by atoms with Crippen molar-refractivity contribution in [3.63, 3.8) is 0 Å². The molecule has 0 aliphatic rings. The van der Waals surface area contributed by atoms with Gasteiger partial charge in [-0.2, -0.15) is 0 Å². The van der Waals surface area contributed by atoms with Crippen molar-refractivity contribution >= 4 is 5.96 Å². The molecule has 2 rings (SSSR count). The first-order valence-corrected chi connectivity index (χ1v) is 9.94. The molecule has 0 fully saturated rings. The van der Waals surface area contributed by atoms with E-state index in [1.54, 1.807) is 0 Å². The molecule has 0 radical (unpaired) electrons. The quantitative estimate of drug-likeness (QED) is 0.373. The molecule has 0 amide bonds. The van der Waals surface area contributed by atoms with E-state index in [2.05, 4.69) is 58.9 Å². The van der Waals surface area contributed by atoms with Crippen LogP contribution in [0, 0.1) is 6.92 Å². The van der Waals surface area contributed by atoms with Gasteiger partial charge in [0.2, 0.25) is 0 Å². The minimum Gasteiger partial charge on any atom is -0.382 e. The number of aryl methyl sites for hydroxylation is 1. The highest BCUT2D eigenvalue weighted by Gasteiger charge is 2.20.